The Balaban J connectivity index is 1.81. The molecule has 2 aromatic carbocycles. The van der Waals surface area contributed by atoms with E-state index in [-0.39, 0.29) is 17.6 Å². The van der Waals surface area contributed by atoms with Crippen molar-refractivity contribution >= 4 is 34.5 Å². The maximum absolute atomic E-state index is 14.0. The highest BCUT2D eigenvalue weighted by Gasteiger charge is 2.37. The van der Waals surface area contributed by atoms with E-state index in [2.05, 4.69) is 4.99 Å². The molecule has 1 amide bonds. The number of carbonyl (C=O) groups excluding carboxylic acids is 2. The molecule has 0 N–H and O–H groups in total. The highest BCUT2D eigenvalue weighted by molar-refractivity contribution is 7.07. The number of amides is 1. The molecule has 7 nitrogen and oxygen atoms in total. The standard InChI is InChI=1S/C27H25N3O4S/c1-5-29-19-14-10-9-13-18(19)21(24(29)31)23-25(32)30-22(17-11-7-6-8-12-17)20(26(33)34-15(2)3)16(4)28-27(30)35-23/h6-15,22H,5H2,1-4H3/b23-21-/t22-/m1/s1. The van der Waals surface area contributed by atoms with Crippen molar-refractivity contribution in [1.82, 2.24) is 4.57 Å². The van der Waals surface area contributed by atoms with Gasteiger partial charge in [0.25, 0.3) is 11.5 Å². The van der Waals surface area contributed by atoms with Crippen molar-refractivity contribution in [2.75, 3.05) is 11.4 Å². The topological polar surface area (TPSA) is 81.0 Å². The summed E-state index contributed by atoms with van der Waals surface area (Å²) in [5.41, 5.74) is 3.14. The molecule has 0 fully saturated rings. The first-order chi connectivity index (χ1) is 16.8. The van der Waals surface area contributed by atoms with Crippen LogP contribution in [0.1, 0.15) is 44.9 Å². The number of aromatic nitrogens is 1. The van der Waals surface area contributed by atoms with Crippen LogP contribution in [-0.4, -0.2) is 29.1 Å². The van der Waals surface area contributed by atoms with Crippen LogP contribution in [0.4, 0.5) is 5.69 Å². The molecule has 2 aliphatic rings. The number of benzene rings is 2. The van der Waals surface area contributed by atoms with E-state index in [1.54, 1.807) is 25.7 Å². The number of allylic oxidation sites excluding steroid dienone is 1. The van der Waals surface area contributed by atoms with Crippen LogP contribution in [0.2, 0.25) is 0 Å². The number of nitrogens with zero attached hydrogens (tertiary/aromatic N) is 3. The van der Waals surface area contributed by atoms with E-state index in [4.69, 9.17) is 4.74 Å². The van der Waals surface area contributed by atoms with Crippen LogP contribution in [0.3, 0.4) is 0 Å². The minimum atomic E-state index is -0.706. The highest BCUT2D eigenvalue weighted by atomic mass is 32.1. The second-order valence-electron chi connectivity index (χ2n) is 8.71. The monoisotopic (exact) mass is 487 g/mol. The Hall–Kier alpha value is -3.78. The molecule has 3 aromatic rings. The third-order valence-electron chi connectivity index (χ3n) is 6.14. The average Bonchev–Trinajstić information content (AvgIpc) is 3.30. The molecule has 0 saturated heterocycles. The minimum Gasteiger partial charge on any atom is -0.459 e. The van der Waals surface area contributed by atoms with Crippen molar-refractivity contribution in [3.63, 3.8) is 0 Å². The zero-order valence-electron chi connectivity index (χ0n) is 19.9. The van der Waals surface area contributed by atoms with Crippen molar-refractivity contribution in [2.24, 2.45) is 4.99 Å². The molecular weight excluding hydrogens is 462 g/mol. The number of likely N-dealkylation sites (N-methyl/N-ethyl adjacent to an activating group) is 1. The fraction of sp³-hybridized carbons (Fsp3) is 0.259. The van der Waals surface area contributed by atoms with Gasteiger partial charge in [-0.1, -0.05) is 59.9 Å². The molecule has 5 rings (SSSR count). The molecular formula is C27H25N3O4S. The van der Waals surface area contributed by atoms with Gasteiger partial charge in [0.2, 0.25) is 0 Å². The molecule has 178 valence electrons. The van der Waals surface area contributed by atoms with Gasteiger partial charge in [0.1, 0.15) is 4.53 Å². The number of para-hydroxylation sites is 1. The number of rotatable bonds is 4. The van der Waals surface area contributed by atoms with Crippen LogP contribution in [0, 0.1) is 0 Å². The Kier molecular flexibility index (Phi) is 5.76. The lowest BCUT2D eigenvalue weighted by Crippen LogP contribution is -2.41. The first-order valence-corrected chi connectivity index (χ1v) is 12.4. The predicted molar refractivity (Wildman–Crippen MR) is 135 cm³/mol. The predicted octanol–water partition coefficient (Wildman–Crippen LogP) is 2.92. The third kappa shape index (κ3) is 3.65. The summed E-state index contributed by atoms with van der Waals surface area (Å²) in [5.74, 6) is -0.710. The summed E-state index contributed by atoms with van der Waals surface area (Å²) in [7, 11) is 0. The van der Waals surface area contributed by atoms with Gasteiger partial charge in [-0.3, -0.25) is 14.2 Å². The Labute approximate surface area is 206 Å². The molecule has 8 heteroatoms. The van der Waals surface area contributed by atoms with Gasteiger partial charge >= 0.3 is 5.97 Å². The van der Waals surface area contributed by atoms with E-state index in [0.717, 1.165) is 16.8 Å². The molecule has 0 aliphatic carbocycles. The molecule has 0 saturated carbocycles. The number of esters is 1. The summed E-state index contributed by atoms with van der Waals surface area (Å²) < 4.78 is 7.38. The van der Waals surface area contributed by atoms with Crippen molar-refractivity contribution in [2.45, 2.75) is 39.8 Å². The molecule has 0 unspecified atom stereocenters. The Morgan fingerprint density at radius 3 is 2.46 bits per heavy atom. The summed E-state index contributed by atoms with van der Waals surface area (Å²) in [6.07, 6.45) is -0.321. The molecule has 35 heavy (non-hydrogen) atoms. The largest absolute Gasteiger partial charge is 0.459 e. The third-order valence-corrected chi connectivity index (χ3v) is 7.20. The number of carbonyl (C=O) groups is 2. The summed E-state index contributed by atoms with van der Waals surface area (Å²) in [4.78, 5) is 47.3. The van der Waals surface area contributed by atoms with Crippen LogP contribution < -0.4 is 19.8 Å². The van der Waals surface area contributed by atoms with E-state index in [9.17, 15) is 14.4 Å². The lowest BCUT2D eigenvalue weighted by molar-refractivity contribution is -0.143. The van der Waals surface area contributed by atoms with Crippen molar-refractivity contribution in [3.05, 3.63) is 96.7 Å². The van der Waals surface area contributed by atoms with Crippen LogP contribution in [-0.2, 0) is 14.3 Å². The molecule has 0 radical (unpaired) electrons. The van der Waals surface area contributed by atoms with E-state index in [1.807, 2.05) is 61.5 Å². The smallest absolute Gasteiger partial charge is 0.338 e. The van der Waals surface area contributed by atoms with Gasteiger partial charge in [-0.05, 0) is 39.3 Å². The maximum Gasteiger partial charge on any atom is 0.338 e. The molecule has 0 spiro atoms. The molecule has 1 atom stereocenters. The summed E-state index contributed by atoms with van der Waals surface area (Å²) in [6.45, 7) is 7.72. The summed E-state index contributed by atoms with van der Waals surface area (Å²) >= 11 is 1.18. The Morgan fingerprint density at radius 1 is 1.09 bits per heavy atom. The van der Waals surface area contributed by atoms with Gasteiger partial charge in [0, 0.05) is 12.1 Å². The summed E-state index contributed by atoms with van der Waals surface area (Å²) in [5, 5.41) is 0. The summed E-state index contributed by atoms with van der Waals surface area (Å²) in [6, 6.07) is 16.1. The fourth-order valence-electron chi connectivity index (χ4n) is 4.67. The van der Waals surface area contributed by atoms with Crippen molar-refractivity contribution < 1.29 is 14.3 Å². The Bertz CT molecular complexity index is 1560. The van der Waals surface area contributed by atoms with Crippen molar-refractivity contribution in [1.29, 1.82) is 0 Å². The minimum absolute atomic E-state index is 0.203. The van der Waals surface area contributed by atoms with E-state index in [1.165, 1.54) is 15.9 Å². The number of fused-ring (bicyclic) bond motifs is 2. The second-order valence-corrected chi connectivity index (χ2v) is 9.69. The first-order valence-electron chi connectivity index (χ1n) is 11.6. The van der Waals surface area contributed by atoms with E-state index < -0.39 is 12.0 Å². The number of thiazole rings is 1. The van der Waals surface area contributed by atoms with Crippen LogP contribution in [0.25, 0.3) is 5.57 Å². The zero-order valence-corrected chi connectivity index (χ0v) is 20.8. The molecule has 0 bridgehead atoms. The van der Waals surface area contributed by atoms with Gasteiger partial charge in [-0.15, -0.1) is 0 Å². The van der Waals surface area contributed by atoms with Gasteiger partial charge in [0.05, 0.1) is 34.7 Å². The van der Waals surface area contributed by atoms with Crippen molar-refractivity contribution in [3.8, 4) is 0 Å². The van der Waals surface area contributed by atoms with Gasteiger partial charge in [-0.2, -0.15) is 0 Å². The second kappa shape index (κ2) is 8.78. The van der Waals surface area contributed by atoms with Gasteiger partial charge in [-0.25, -0.2) is 9.79 Å². The zero-order chi connectivity index (χ0) is 24.9. The number of hydrogen-bond donors (Lipinski definition) is 0. The Morgan fingerprint density at radius 2 is 1.77 bits per heavy atom. The van der Waals surface area contributed by atoms with Crippen LogP contribution in [0.15, 0.2) is 75.7 Å². The fourth-order valence-corrected chi connectivity index (χ4v) is 5.81. The number of anilines is 1. The van der Waals surface area contributed by atoms with Gasteiger partial charge < -0.3 is 9.64 Å². The van der Waals surface area contributed by atoms with E-state index >= 15 is 0 Å². The lowest BCUT2D eigenvalue weighted by atomic mass is 9.96. The highest BCUT2D eigenvalue weighted by Crippen LogP contribution is 2.35. The molecule has 3 heterocycles. The average molecular weight is 488 g/mol. The maximum atomic E-state index is 14.0. The quantitative estimate of drug-likeness (QED) is 0.530. The lowest BCUT2D eigenvalue weighted by Gasteiger charge is -2.25. The number of hydrogen-bond acceptors (Lipinski definition) is 6. The molecule has 1 aromatic heterocycles. The first kappa shape index (κ1) is 23.0. The van der Waals surface area contributed by atoms with Gasteiger partial charge in [0.15, 0.2) is 4.80 Å². The number of ether oxygens (including phenoxy) is 1. The normalized spacial score (nSPS) is 18.5. The van der Waals surface area contributed by atoms with Crippen LogP contribution >= 0.6 is 11.3 Å². The van der Waals surface area contributed by atoms with Crippen LogP contribution in [0.5, 0.6) is 0 Å². The molecule has 2 aliphatic heterocycles. The van der Waals surface area contributed by atoms with E-state index in [0.29, 0.717) is 32.7 Å². The SMILES string of the molecule is CCN1C(=O)/C(=c2\sc3n(c2=O)[C@H](c2ccccc2)C(C(=O)OC(C)C)=C(C)N=3)c2ccccc21.